The number of cyclic esters (lactones) is 1. The fraction of sp³-hybridized carbons (Fsp3) is 0.333. The predicted octanol–water partition coefficient (Wildman–Crippen LogP) is 2.12. The highest BCUT2D eigenvalue weighted by molar-refractivity contribution is 6.19. The van der Waals surface area contributed by atoms with E-state index in [1.807, 2.05) is 13.0 Å². The van der Waals surface area contributed by atoms with E-state index in [0.717, 1.165) is 22.6 Å². The Morgan fingerprint density at radius 3 is 2.82 bits per heavy atom. The smallest absolute Gasteiger partial charge is 0.342 e. The van der Waals surface area contributed by atoms with E-state index in [-0.39, 0.29) is 37.6 Å². The van der Waals surface area contributed by atoms with Crippen LogP contribution in [-0.4, -0.2) is 49.8 Å². The van der Waals surface area contributed by atoms with Gasteiger partial charge >= 0.3 is 21.9 Å². The van der Waals surface area contributed by atoms with Crippen LogP contribution in [0.3, 0.4) is 0 Å². The lowest BCUT2D eigenvalue weighted by molar-refractivity contribution is -0.170. The van der Waals surface area contributed by atoms with Crippen LogP contribution in [-0.2, 0) is 53.1 Å². The molecule has 0 aliphatic carbocycles. The van der Waals surface area contributed by atoms with E-state index in [1.54, 1.807) is 29.7 Å². The van der Waals surface area contributed by atoms with Crippen LogP contribution in [0.25, 0.3) is 22.3 Å². The Kier molecular flexibility index (Phi) is 6.91. The van der Waals surface area contributed by atoms with E-state index in [1.165, 1.54) is 0 Å². The van der Waals surface area contributed by atoms with Crippen molar-refractivity contribution < 1.29 is 33.0 Å². The van der Waals surface area contributed by atoms with E-state index >= 15 is 0 Å². The largest absolute Gasteiger partial charge is 0.508 e. The van der Waals surface area contributed by atoms with Gasteiger partial charge in [-0.3, -0.25) is 4.79 Å². The number of aromatic hydroxyl groups is 1. The first kappa shape index (κ1) is 25.8. The van der Waals surface area contributed by atoms with Crippen LogP contribution in [0, 0.1) is 0 Å². The number of phenolic OH excluding ortho intramolecular Hbond substituents is 1. The highest BCUT2D eigenvalue weighted by atomic mass is 28.3. The van der Waals surface area contributed by atoms with Crippen molar-refractivity contribution in [3.05, 3.63) is 69.5 Å². The van der Waals surface area contributed by atoms with Gasteiger partial charge in [-0.05, 0) is 42.7 Å². The minimum absolute atomic E-state index is 0.0319. The topological polar surface area (TPSA) is 126 Å². The van der Waals surface area contributed by atoms with Crippen molar-refractivity contribution in [1.29, 1.82) is 0 Å². The zero-order chi connectivity index (χ0) is 27.0. The van der Waals surface area contributed by atoms with E-state index < -0.39 is 27.5 Å². The molecule has 0 saturated heterocycles. The molecule has 0 saturated carbocycles. The van der Waals surface area contributed by atoms with Crippen molar-refractivity contribution in [1.82, 2.24) is 9.55 Å². The predicted molar refractivity (Wildman–Crippen MR) is 140 cm³/mol. The molecule has 11 heteroatoms. The summed E-state index contributed by atoms with van der Waals surface area (Å²) in [6.07, 6.45) is 2.00. The van der Waals surface area contributed by atoms with Crippen molar-refractivity contribution in [3.63, 3.8) is 0 Å². The molecule has 2 aliphatic heterocycles. The summed E-state index contributed by atoms with van der Waals surface area (Å²) in [5.74, 6) is -0.964. The molecule has 1 N–H and O–H groups in total. The second kappa shape index (κ2) is 10.2. The summed E-state index contributed by atoms with van der Waals surface area (Å²) in [6, 6.07) is 6.87. The fourth-order valence-electron chi connectivity index (χ4n) is 5.24. The van der Waals surface area contributed by atoms with E-state index in [4.69, 9.17) is 23.3 Å². The Balaban J connectivity index is 1.54. The zero-order valence-corrected chi connectivity index (χ0v) is 22.7. The minimum Gasteiger partial charge on any atom is -0.508 e. The number of nitrogens with zero attached hydrogens (tertiary/aromatic N) is 2. The van der Waals surface area contributed by atoms with Crippen molar-refractivity contribution in [2.75, 3.05) is 13.2 Å². The Morgan fingerprint density at radius 1 is 1.26 bits per heavy atom. The van der Waals surface area contributed by atoms with Gasteiger partial charge in [-0.25, -0.2) is 14.6 Å². The van der Waals surface area contributed by atoms with E-state index in [9.17, 15) is 19.5 Å². The summed E-state index contributed by atoms with van der Waals surface area (Å²) >= 11 is 0. The SMILES string of the molecule is C=CC(=O)OCCO[SiH2]O[C@]1(CC)C(=O)OCc2c1cc1n(c2=O)Cc2c-1nc1ccc(O)cc1c2CC. The van der Waals surface area contributed by atoms with Crippen molar-refractivity contribution in [2.24, 2.45) is 0 Å². The number of aryl methyl sites for hydroxylation is 1. The molecule has 1 aromatic carbocycles. The van der Waals surface area contributed by atoms with Crippen LogP contribution < -0.4 is 5.56 Å². The van der Waals surface area contributed by atoms with Gasteiger partial charge < -0.3 is 28.0 Å². The van der Waals surface area contributed by atoms with Gasteiger partial charge in [-0.2, -0.15) is 0 Å². The Morgan fingerprint density at radius 2 is 2.08 bits per heavy atom. The summed E-state index contributed by atoms with van der Waals surface area (Å²) < 4.78 is 23.7. The molecule has 0 amide bonds. The maximum absolute atomic E-state index is 13.7. The molecule has 0 radical (unpaired) electrons. The number of phenols is 1. The van der Waals surface area contributed by atoms with Crippen LogP contribution in [0.2, 0.25) is 0 Å². The highest BCUT2D eigenvalue weighted by Gasteiger charge is 2.48. The number of benzene rings is 1. The number of hydrogen-bond donors (Lipinski definition) is 1. The van der Waals surface area contributed by atoms with Crippen molar-refractivity contribution in [3.8, 4) is 17.1 Å². The lowest BCUT2D eigenvalue weighted by atomic mass is 9.86. The van der Waals surface area contributed by atoms with Gasteiger partial charge in [0.1, 0.15) is 19.0 Å². The van der Waals surface area contributed by atoms with Gasteiger partial charge in [-0.1, -0.05) is 20.4 Å². The Hall–Kier alpha value is -3.80. The van der Waals surface area contributed by atoms with Gasteiger partial charge in [0.05, 0.1) is 35.6 Å². The van der Waals surface area contributed by atoms with Crippen LogP contribution in [0.5, 0.6) is 5.75 Å². The minimum atomic E-state index is -1.72. The Labute approximate surface area is 220 Å². The first-order valence-corrected chi connectivity index (χ1v) is 13.6. The second-order valence-corrected chi connectivity index (χ2v) is 10.0. The van der Waals surface area contributed by atoms with Crippen molar-refractivity contribution >= 4 is 32.8 Å². The molecule has 2 aromatic heterocycles. The lowest BCUT2D eigenvalue weighted by Gasteiger charge is -2.36. The first-order chi connectivity index (χ1) is 18.3. The molecule has 0 fully saturated rings. The lowest BCUT2D eigenvalue weighted by Crippen LogP contribution is -2.47. The molecular weight excluding hydrogens is 508 g/mol. The quantitative estimate of drug-likeness (QED) is 0.148. The van der Waals surface area contributed by atoms with E-state index in [0.29, 0.717) is 41.0 Å². The zero-order valence-electron chi connectivity index (χ0n) is 21.2. The summed E-state index contributed by atoms with van der Waals surface area (Å²) in [5.41, 5.74) is 3.06. The first-order valence-electron chi connectivity index (χ1n) is 12.4. The molecule has 2 aliphatic rings. The molecule has 5 rings (SSSR count). The molecular formula is C27H28N2O8Si. The van der Waals surface area contributed by atoms with Crippen LogP contribution in [0.1, 0.15) is 42.5 Å². The molecule has 1 atom stereocenters. The summed E-state index contributed by atoms with van der Waals surface area (Å²) in [4.78, 5) is 42.9. The summed E-state index contributed by atoms with van der Waals surface area (Å²) in [7, 11) is -1.72. The average molecular weight is 537 g/mol. The number of esters is 2. The van der Waals surface area contributed by atoms with Crippen molar-refractivity contribution in [2.45, 2.75) is 45.4 Å². The maximum Gasteiger partial charge on any atom is 0.342 e. The number of hydrogen-bond acceptors (Lipinski definition) is 9. The number of aromatic nitrogens is 2. The van der Waals surface area contributed by atoms with Gasteiger partial charge in [0.25, 0.3) is 5.56 Å². The number of carbonyl (C=O) groups is 2. The molecule has 10 nitrogen and oxygen atoms in total. The van der Waals surface area contributed by atoms with Gasteiger partial charge in [0.15, 0.2) is 5.60 Å². The maximum atomic E-state index is 13.7. The van der Waals surface area contributed by atoms with Gasteiger partial charge in [-0.15, -0.1) is 0 Å². The Bertz CT molecular complexity index is 1530. The van der Waals surface area contributed by atoms with Crippen LogP contribution in [0.4, 0.5) is 0 Å². The molecule has 0 spiro atoms. The third-order valence-corrected chi connectivity index (χ3v) is 8.20. The standard InChI is InChI=1S/C27H28N2O8Si/c1-4-16-17-11-15(30)7-8-21(17)28-24-18(16)13-29-22(24)12-20-19(25(29)32)14-35-26(33)27(20,6-3)37-38-36-10-9-34-23(31)5-2/h5,7-8,11-12,30H,2,4,6,9-10,13-14,38H2,1,3H3/t27-/m0/s1. The number of pyridine rings is 2. The highest BCUT2D eigenvalue weighted by Crippen LogP contribution is 2.42. The van der Waals surface area contributed by atoms with Gasteiger partial charge in [0.2, 0.25) is 0 Å². The molecule has 38 heavy (non-hydrogen) atoms. The molecule has 4 heterocycles. The monoisotopic (exact) mass is 536 g/mol. The van der Waals surface area contributed by atoms with Gasteiger partial charge in [0, 0.05) is 22.6 Å². The number of rotatable bonds is 9. The van der Waals surface area contributed by atoms with Crippen LogP contribution >= 0.6 is 0 Å². The summed E-state index contributed by atoms with van der Waals surface area (Å²) in [5, 5.41) is 10.9. The fourth-order valence-corrected chi connectivity index (χ4v) is 6.24. The third-order valence-electron chi connectivity index (χ3n) is 7.14. The second-order valence-electron chi connectivity index (χ2n) is 9.08. The normalized spacial score (nSPS) is 17.8. The average Bonchev–Trinajstić information content (AvgIpc) is 3.29. The van der Waals surface area contributed by atoms with E-state index in [2.05, 4.69) is 6.58 Å². The third kappa shape index (κ3) is 4.12. The molecule has 0 bridgehead atoms. The number of carbonyl (C=O) groups excluding carboxylic acids is 2. The van der Waals surface area contributed by atoms with Crippen LogP contribution in [0.15, 0.2) is 41.7 Å². The number of ether oxygens (including phenoxy) is 2. The summed E-state index contributed by atoms with van der Waals surface area (Å²) in [6.45, 7) is 7.50. The molecule has 3 aromatic rings. The number of fused-ring (bicyclic) bond motifs is 5. The molecule has 0 unspecified atom stereocenters. The molecule has 198 valence electrons.